The van der Waals surface area contributed by atoms with Crippen LogP contribution < -0.4 is 0 Å². The van der Waals surface area contributed by atoms with Crippen LogP contribution in [0.2, 0.25) is 0 Å². The standard InChI is InChI=1S/C13H19NO3S/c1-2-14(11-6-3-4-7-11)18(16,17)13-9-5-8-12(15)10-13/h5,8-11,15H,2-4,6-7H2,1H3. The Morgan fingerprint density at radius 2 is 2.00 bits per heavy atom. The number of hydrogen-bond donors (Lipinski definition) is 1. The molecule has 0 atom stereocenters. The van der Waals surface area contributed by atoms with Gasteiger partial charge in [0.15, 0.2) is 0 Å². The van der Waals surface area contributed by atoms with Gasteiger partial charge in [0.25, 0.3) is 0 Å². The summed E-state index contributed by atoms with van der Waals surface area (Å²) in [6.45, 7) is 2.33. The van der Waals surface area contributed by atoms with E-state index in [0.717, 1.165) is 25.7 Å². The third-order valence-electron chi connectivity index (χ3n) is 3.47. The normalized spacial score (nSPS) is 17.4. The highest BCUT2D eigenvalue weighted by Crippen LogP contribution is 2.29. The number of nitrogens with zero attached hydrogens (tertiary/aromatic N) is 1. The summed E-state index contributed by atoms with van der Waals surface area (Å²) in [6.07, 6.45) is 4.06. The third kappa shape index (κ3) is 2.52. The molecule has 0 radical (unpaired) electrons. The Balaban J connectivity index is 2.33. The first-order valence-corrected chi connectivity index (χ1v) is 7.80. The van der Waals surface area contributed by atoms with Crippen LogP contribution in [-0.2, 0) is 10.0 Å². The van der Waals surface area contributed by atoms with Gasteiger partial charge in [-0.15, -0.1) is 0 Å². The zero-order valence-electron chi connectivity index (χ0n) is 10.5. The van der Waals surface area contributed by atoms with Gasteiger partial charge in [-0.25, -0.2) is 8.42 Å². The molecule has 5 heteroatoms. The lowest BCUT2D eigenvalue weighted by Crippen LogP contribution is -2.38. The molecular formula is C13H19NO3S. The number of hydrogen-bond acceptors (Lipinski definition) is 3. The van der Waals surface area contributed by atoms with Gasteiger partial charge in [0, 0.05) is 12.6 Å². The van der Waals surface area contributed by atoms with Crippen molar-refractivity contribution in [3.8, 4) is 5.75 Å². The van der Waals surface area contributed by atoms with Gasteiger partial charge in [0.1, 0.15) is 5.75 Å². The van der Waals surface area contributed by atoms with Crippen molar-refractivity contribution in [3.63, 3.8) is 0 Å². The first kappa shape index (κ1) is 13.4. The minimum Gasteiger partial charge on any atom is -0.508 e. The Hall–Kier alpha value is -1.07. The summed E-state index contributed by atoms with van der Waals surface area (Å²) >= 11 is 0. The van der Waals surface area contributed by atoms with E-state index in [-0.39, 0.29) is 16.7 Å². The number of sulfonamides is 1. The fourth-order valence-electron chi connectivity index (χ4n) is 2.60. The molecule has 100 valence electrons. The highest BCUT2D eigenvalue weighted by molar-refractivity contribution is 7.89. The van der Waals surface area contributed by atoms with E-state index in [1.54, 1.807) is 10.4 Å². The van der Waals surface area contributed by atoms with E-state index < -0.39 is 10.0 Å². The van der Waals surface area contributed by atoms with E-state index in [9.17, 15) is 13.5 Å². The second-order valence-corrected chi connectivity index (χ2v) is 6.53. The fourth-order valence-corrected chi connectivity index (χ4v) is 4.33. The lowest BCUT2D eigenvalue weighted by molar-refractivity contribution is 0.335. The molecule has 0 spiro atoms. The molecule has 0 bridgehead atoms. The molecule has 0 aromatic heterocycles. The van der Waals surface area contributed by atoms with Gasteiger partial charge in [0.05, 0.1) is 4.90 Å². The number of phenolic OH excluding ortho intramolecular Hbond substituents is 1. The van der Waals surface area contributed by atoms with Crippen LogP contribution in [0.25, 0.3) is 0 Å². The van der Waals surface area contributed by atoms with Crippen LogP contribution in [-0.4, -0.2) is 30.4 Å². The summed E-state index contributed by atoms with van der Waals surface area (Å²) in [5, 5.41) is 9.41. The minimum atomic E-state index is -3.48. The summed E-state index contributed by atoms with van der Waals surface area (Å²) in [4.78, 5) is 0.177. The van der Waals surface area contributed by atoms with Crippen LogP contribution in [0.1, 0.15) is 32.6 Å². The molecule has 0 heterocycles. The molecule has 1 fully saturated rings. The van der Waals surface area contributed by atoms with Gasteiger partial charge < -0.3 is 5.11 Å². The van der Waals surface area contributed by atoms with Crippen molar-refractivity contribution in [2.24, 2.45) is 0 Å². The van der Waals surface area contributed by atoms with E-state index >= 15 is 0 Å². The van der Waals surface area contributed by atoms with Crippen LogP contribution in [0.4, 0.5) is 0 Å². The molecule has 1 aliphatic rings. The molecule has 0 aliphatic heterocycles. The minimum absolute atomic E-state index is 0.0152. The van der Waals surface area contributed by atoms with Gasteiger partial charge in [-0.3, -0.25) is 0 Å². The molecule has 0 unspecified atom stereocenters. The van der Waals surface area contributed by atoms with Gasteiger partial charge in [-0.2, -0.15) is 4.31 Å². The average molecular weight is 269 g/mol. The van der Waals surface area contributed by atoms with Crippen molar-refractivity contribution < 1.29 is 13.5 Å². The van der Waals surface area contributed by atoms with E-state index in [0.29, 0.717) is 6.54 Å². The highest BCUT2D eigenvalue weighted by atomic mass is 32.2. The number of aromatic hydroxyl groups is 1. The molecule has 1 aromatic carbocycles. The van der Waals surface area contributed by atoms with Crippen molar-refractivity contribution in [3.05, 3.63) is 24.3 Å². The Morgan fingerprint density at radius 1 is 1.33 bits per heavy atom. The smallest absolute Gasteiger partial charge is 0.243 e. The number of benzene rings is 1. The summed E-state index contributed by atoms with van der Waals surface area (Å²) in [5.74, 6) is -0.0152. The second kappa shape index (κ2) is 5.28. The maximum absolute atomic E-state index is 12.5. The van der Waals surface area contributed by atoms with Crippen molar-refractivity contribution in [1.29, 1.82) is 0 Å². The molecule has 1 aliphatic carbocycles. The molecule has 18 heavy (non-hydrogen) atoms. The molecular weight excluding hydrogens is 250 g/mol. The van der Waals surface area contributed by atoms with E-state index in [1.165, 1.54) is 18.2 Å². The van der Waals surface area contributed by atoms with Gasteiger partial charge in [-0.1, -0.05) is 25.8 Å². The molecule has 1 saturated carbocycles. The van der Waals surface area contributed by atoms with Crippen LogP contribution in [0.5, 0.6) is 5.75 Å². The van der Waals surface area contributed by atoms with Crippen LogP contribution >= 0.6 is 0 Å². The lowest BCUT2D eigenvalue weighted by atomic mass is 10.2. The maximum Gasteiger partial charge on any atom is 0.243 e. The molecule has 1 aromatic rings. The number of rotatable bonds is 4. The van der Waals surface area contributed by atoms with E-state index in [1.807, 2.05) is 6.92 Å². The van der Waals surface area contributed by atoms with Crippen LogP contribution in [0.15, 0.2) is 29.2 Å². The van der Waals surface area contributed by atoms with Gasteiger partial charge in [0.2, 0.25) is 10.0 Å². The largest absolute Gasteiger partial charge is 0.508 e. The van der Waals surface area contributed by atoms with Crippen LogP contribution in [0.3, 0.4) is 0 Å². The monoisotopic (exact) mass is 269 g/mol. The van der Waals surface area contributed by atoms with Gasteiger partial charge >= 0.3 is 0 Å². The second-order valence-electron chi connectivity index (χ2n) is 4.64. The lowest BCUT2D eigenvalue weighted by Gasteiger charge is -2.26. The molecule has 0 saturated heterocycles. The SMILES string of the molecule is CCN(C1CCCC1)S(=O)(=O)c1cccc(O)c1. The highest BCUT2D eigenvalue weighted by Gasteiger charge is 2.31. The zero-order valence-corrected chi connectivity index (χ0v) is 11.4. The van der Waals surface area contributed by atoms with Crippen molar-refractivity contribution in [2.45, 2.75) is 43.5 Å². The van der Waals surface area contributed by atoms with Crippen molar-refractivity contribution in [2.75, 3.05) is 6.54 Å². The summed E-state index contributed by atoms with van der Waals surface area (Å²) in [7, 11) is -3.48. The molecule has 2 rings (SSSR count). The van der Waals surface area contributed by atoms with Gasteiger partial charge in [-0.05, 0) is 31.0 Å². The Kier molecular flexibility index (Phi) is 3.92. The first-order valence-electron chi connectivity index (χ1n) is 6.36. The van der Waals surface area contributed by atoms with Crippen LogP contribution in [0, 0.1) is 0 Å². The van der Waals surface area contributed by atoms with Crippen molar-refractivity contribution in [1.82, 2.24) is 4.31 Å². The van der Waals surface area contributed by atoms with E-state index in [2.05, 4.69) is 0 Å². The Morgan fingerprint density at radius 3 is 2.56 bits per heavy atom. The molecule has 0 amide bonds. The Bertz CT molecular complexity index is 507. The summed E-state index contributed by atoms with van der Waals surface area (Å²) in [6, 6.07) is 6.00. The summed E-state index contributed by atoms with van der Waals surface area (Å²) in [5.41, 5.74) is 0. The molecule has 4 nitrogen and oxygen atoms in total. The predicted octanol–water partition coefficient (Wildman–Crippen LogP) is 2.35. The predicted molar refractivity (Wildman–Crippen MR) is 69.9 cm³/mol. The zero-order chi connectivity index (χ0) is 13.2. The maximum atomic E-state index is 12.5. The quantitative estimate of drug-likeness (QED) is 0.912. The number of phenols is 1. The third-order valence-corrected chi connectivity index (χ3v) is 5.49. The van der Waals surface area contributed by atoms with Crippen molar-refractivity contribution >= 4 is 10.0 Å². The first-order chi connectivity index (χ1) is 8.55. The topological polar surface area (TPSA) is 57.6 Å². The molecule has 1 N–H and O–H groups in total. The van der Waals surface area contributed by atoms with E-state index in [4.69, 9.17) is 0 Å². The fraction of sp³-hybridized carbons (Fsp3) is 0.538. The summed E-state index contributed by atoms with van der Waals surface area (Å²) < 4.78 is 26.6. The average Bonchev–Trinajstić information content (AvgIpc) is 2.83. The Labute approximate surface area is 108 Å².